The van der Waals surface area contributed by atoms with E-state index >= 15 is 0 Å². The van der Waals surface area contributed by atoms with Gasteiger partial charge in [-0.05, 0) is 22.2 Å². The third kappa shape index (κ3) is 3.70. The summed E-state index contributed by atoms with van der Waals surface area (Å²) in [5, 5.41) is 7.63. The first-order chi connectivity index (χ1) is 15.7. The minimum absolute atomic E-state index is 0. The molecule has 6 aromatic rings. The van der Waals surface area contributed by atoms with E-state index in [2.05, 4.69) is 128 Å². The average molecular weight is 497 g/mol. The summed E-state index contributed by atoms with van der Waals surface area (Å²) in [6, 6.07) is 39.6. The maximum atomic E-state index is 3.68. The number of pyridine rings is 1. The van der Waals surface area contributed by atoms with Gasteiger partial charge in [-0.1, -0.05) is 83.2 Å². The number of benzene rings is 5. The van der Waals surface area contributed by atoms with Crippen LogP contribution < -0.4 is 4.57 Å². The van der Waals surface area contributed by atoms with Gasteiger partial charge in [-0.25, -0.2) is 10.1 Å². The first-order valence-corrected chi connectivity index (χ1v) is 10.9. The fourth-order valence-corrected chi connectivity index (χ4v) is 4.77. The molecule has 1 nitrogen and oxygen atoms in total. The predicted molar refractivity (Wildman–Crippen MR) is 133 cm³/mol. The second kappa shape index (κ2) is 8.82. The summed E-state index contributed by atoms with van der Waals surface area (Å²) in [6.45, 7) is 2.15. The minimum atomic E-state index is 0. The van der Waals surface area contributed by atoms with Crippen molar-refractivity contribution in [1.82, 2.24) is 0 Å². The van der Waals surface area contributed by atoms with Crippen LogP contribution in [-0.2, 0) is 39.8 Å². The van der Waals surface area contributed by atoms with Crippen LogP contribution in [0.15, 0.2) is 97.2 Å². The summed E-state index contributed by atoms with van der Waals surface area (Å²) < 4.78 is 2.15. The van der Waals surface area contributed by atoms with Crippen LogP contribution in [0.4, 0.5) is 0 Å². The predicted octanol–water partition coefficient (Wildman–Crippen LogP) is 7.21. The van der Waals surface area contributed by atoms with Crippen LogP contribution in [0, 0.1) is 19.1 Å². The Kier molecular flexibility index (Phi) is 5.87. The third-order valence-electron chi connectivity index (χ3n) is 6.43. The molecule has 0 aliphatic heterocycles. The van der Waals surface area contributed by atoms with Gasteiger partial charge in [0.15, 0.2) is 6.20 Å². The fourth-order valence-electron chi connectivity index (χ4n) is 4.77. The quantitative estimate of drug-likeness (QED) is 0.135. The molecule has 155 valence electrons. The van der Waals surface area contributed by atoms with Gasteiger partial charge >= 0.3 is 0 Å². The van der Waals surface area contributed by atoms with Crippen molar-refractivity contribution >= 4 is 32.3 Å². The minimum Gasteiger partial charge on any atom is -0.234 e. The van der Waals surface area contributed by atoms with Gasteiger partial charge in [0.1, 0.15) is 12.7 Å². The van der Waals surface area contributed by atoms with Gasteiger partial charge in [-0.3, -0.25) is 0 Å². The van der Waals surface area contributed by atoms with Gasteiger partial charge in [-0.15, -0.1) is 17.7 Å². The van der Waals surface area contributed by atoms with Gasteiger partial charge in [0.2, 0.25) is 0 Å². The molecule has 2 heteroatoms. The molecule has 0 spiro atoms. The molecule has 33 heavy (non-hydrogen) atoms. The molecule has 0 bridgehead atoms. The second-order valence-corrected chi connectivity index (χ2v) is 8.39. The summed E-state index contributed by atoms with van der Waals surface area (Å²) in [7, 11) is 2.08. The Balaban J connectivity index is 0.00000228. The zero-order valence-corrected chi connectivity index (χ0v) is 21.6. The Labute approximate surface area is 219 Å². The van der Waals surface area contributed by atoms with Crippen molar-refractivity contribution in [1.29, 1.82) is 0 Å². The third-order valence-corrected chi connectivity index (χ3v) is 6.43. The molecule has 0 saturated heterocycles. The van der Waals surface area contributed by atoms with E-state index in [-0.39, 0.29) is 32.7 Å². The maximum Gasteiger partial charge on any atom is 0.161 e. The van der Waals surface area contributed by atoms with Crippen LogP contribution in [0.2, 0.25) is 0 Å². The Morgan fingerprint density at radius 2 is 1.24 bits per heavy atom. The van der Waals surface area contributed by atoms with Crippen molar-refractivity contribution in [3.63, 3.8) is 0 Å². The number of fused-ring (bicyclic) bond motifs is 6. The van der Waals surface area contributed by atoms with Gasteiger partial charge in [0, 0.05) is 38.8 Å². The molecular formula is C31H22NY-. The Bertz CT molecular complexity index is 1610. The SMILES string of the molecule is Cc1ccc(-c2[c-]cc3c4ccccc4c4ccccc4c3c2)[c-]c1-c1cccc[n+]1C.[Y]. The molecule has 1 radical (unpaired) electrons. The van der Waals surface area contributed by atoms with Crippen molar-refractivity contribution in [2.24, 2.45) is 7.05 Å². The molecule has 0 aliphatic carbocycles. The van der Waals surface area contributed by atoms with Crippen molar-refractivity contribution in [3.8, 4) is 22.4 Å². The van der Waals surface area contributed by atoms with Crippen LogP contribution >= 0.6 is 0 Å². The van der Waals surface area contributed by atoms with E-state index in [9.17, 15) is 0 Å². The Hall–Kier alpha value is -2.87. The average Bonchev–Trinajstić information content (AvgIpc) is 2.85. The molecule has 0 amide bonds. The number of hydrogen-bond donors (Lipinski definition) is 0. The number of nitrogens with zero attached hydrogens (tertiary/aromatic N) is 1. The van der Waals surface area contributed by atoms with Crippen LogP contribution in [0.5, 0.6) is 0 Å². The van der Waals surface area contributed by atoms with E-state index in [1.165, 1.54) is 37.9 Å². The summed E-state index contributed by atoms with van der Waals surface area (Å²) >= 11 is 0. The number of aromatic nitrogens is 1. The van der Waals surface area contributed by atoms with E-state index in [4.69, 9.17) is 0 Å². The summed E-state index contributed by atoms with van der Waals surface area (Å²) in [4.78, 5) is 0. The smallest absolute Gasteiger partial charge is 0.161 e. The van der Waals surface area contributed by atoms with Gasteiger partial charge in [0.05, 0.1) is 0 Å². The van der Waals surface area contributed by atoms with Gasteiger partial charge in [0.25, 0.3) is 0 Å². The van der Waals surface area contributed by atoms with E-state index in [0.717, 1.165) is 22.4 Å². The standard InChI is InChI=1S/C31H22N.Y/c1-21-14-15-22(19-29(21)31-13-7-8-18-32(31)2)23-16-17-28-26-11-4-3-9-24(26)25-10-5-6-12-27(25)30(28)20-23;/h3-15,17-18,20H,1-2H3;/q-1;. The second-order valence-electron chi connectivity index (χ2n) is 8.39. The van der Waals surface area contributed by atoms with E-state index < -0.39 is 0 Å². The van der Waals surface area contributed by atoms with Crippen LogP contribution in [0.3, 0.4) is 0 Å². The number of rotatable bonds is 2. The molecule has 5 aromatic carbocycles. The van der Waals surface area contributed by atoms with Gasteiger partial charge < -0.3 is 0 Å². The molecular weight excluding hydrogens is 475 g/mol. The largest absolute Gasteiger partial charge is 0.234 e. The summed E-state index contributed by atoms with van der Waals surface area (Å²) in [6.07, 6.45) is 2.08. The zero-order valence-electron chi connectivity index (χ0n) is 18.8. The normalized spacial score (nSPS) is 11.1. The van der Waals surface area contributed by atoms with E-state index in [1.54, 1.807) is 0 Å². The summed E-state index contributed by atoms with van der Waals surface area (Å²) in [5.74, 6) is 0. The monoisotopic (exact) mass is 497 g/mol. The Morgan fingerprint density at radius 3 is 1.91 bits per heavy atom. The molecule has 6 rings (SSSR count). The summed E-state index contributed by atoms with van der Waals surface area (Å²) in [5.41, 5.74) is 5.63. The maximum absolute atomic E-state index is 3.68. The van der Waals surface area contributed by atoms with Crippen molar-refractivity contribution < 1.29 is 37.3 Å². The first-order valence-electron chi connectivity index (χ1n) is 10.9. The molecule has 0 fully saturated rings. The van der Waals surface area contributed by atoms with Crippen molar-refractivity contribution in [2.75, 3.05) is 0 Å². The number of aryl methyl sites for hydroxylation is 2. The van der Waals surface area contributed by atoms with Gasteiger partial charge in [-0.2, -0.15) is 29.8 Å². The molecule has 0 N–H and O–H groups in total. The molecule has 1 aromatic heterocycles. The first kappa shape index (κ1) is 22.0. The molecule has 1 heterocycles. The molecule has 0 aliphatic rings. The van der Waals surface area contributed by atoms with E-state index in [1.807, 2.05) is 0 Å². The topological polar surface area (TPSA) is 3.88 Å². The number of hydrogen-bond acceptors (Lipinski definition) is 0. The van der Waals surface area contributed by atoms with Crippen LogP contribution in [0.1, 0.15) is 5.56 Å². The molecule has 0 saturated carbocycles. The van der Waals surface area contributed by atoms with Crippen LogP contribution in [-0.4, -0.2) is 0 Å². The molecule has 0 unspecified atom stereocenters. The van der Waals surface area contributed by atoms with Crippen LogP contribution in [0.25, 0.3) is 54.7 Å². The van der Waals surface area contributed by atoms with Crippen molar-refractivity contribution in [3.05, 3.63) is 115 Å². The van der Waals surface area contributed by atoms with Crippen molar-refractivity contribution in [2.45, 2.75) is 6.92 Å². The fraction of sp³-hybridized carbons (Fsp3) is 0.0645. The van der Waals surface area contributed by atoms with E-state index in [0.29, 0.717) is 0 Å². The zero-order chi connectivity index (χ0) is 21.7. The Morgan fingerprint density at radius 1 is 0.636 bits per heavy atom. The molecule has 0 atom stereocenters.